The Hall–Kier alpha value is -1.26. The van der Waals surface area contributed by atoms with Crippen molar-refractivity contribution in [1.29, 1.82) is 0 Å². The number of hydrogen-bond acceptors (Lipinski definition) is 2. The van der Waals surface area contributed by atoms with E-state index in [0.717, 1.165) is 12.8 Å². The van der Waals surface area contributed by atoms with Crippen molar-refractivity contribution in [1.82, 2.24) is 10.2 Å². The molecule has 4 atom stereocenters. The van der Waals surface area contributed by atoms with E-state index in [1.807, 2.05) is 6.92 Å². The summed E-state index contributed by atoms with van der Waals surface area (Å²) in [6.07, 6.45) is 5.77. The zero-order valence-corrected chi connectivity index (χ0v) is 12.5. The summed E-state index contributed by atoms with van der Waals surface area (Å²) in [6.45, 7) is 4.97. The van der Waals surface area contributed by atoms with E-state index in [2.05, 4.69) is 12.2 Å². The first kappa shape index (κ1) is 15.1. The van der Waals surface area contributed by atoms with Gasteiger partial charge in [0.15, 0.2) is 0 Å². The predicted octanol–water partition coefficient (Wildman–Crippen LogP) is 2.32. The summed E-state index contributed by atoms with van der Waals surface area (Å²) in [5, 5.41) is 12.3. The van der Waals surface area contributed by atoms with Gasteiger partial charge < -0.3 is 15.3 Å². The maximum absolute atomic E-state index is 12.3. The van der Waals surface area contributed by atoms with Crippen LogP contribution in [0.25, 0.3) is 0 Å². The van der Waals surface area contributed by atoms with Gasteiger partial charge >= 0.3 is 12.0 Å². The van der Waals surface area contributed by atoms with E-state index in [9.17, 15) is 9.59 Å². The van der Waals surface area contributed by atoms with E-state index < -0.39 is 11.9 Å². The molecule has 0 aromatic heterocycles. The van der Waals surface area contributed by atoms with Gasteiger partial charge in [-0.2, -0.15) is 0 Å². The van der Waals surface area contributed by atoms with Crippen molar-refractivity contribution < 1.29 is 14.7 Å². The maximum atomic E-state index is 12.3. The summed E-state index contributed by atoms with van der Waals surface area (Å²) in [6, 6.07) is 0.186. The Labute approximate surface area is 120 Å². The lowest BCUT2D eigenvalue weighted by Crippen LogP contribution is -2.48. The molecule has 1 aliphatic carbocycles. The number of nitrogens with one attached hydrogen (secondary N) is 1. The Morgan fingerprint density at radius 2 is 1.95 bits per heavy atom. The van der Waals surface area contributed by atoms with Gasteiger partial charge in [-0.05, 0) is 24.7 Å². The van der Waals surface area contributed by atoms with Crippen molar-refractivity contribution in [3.63, 3.8) is 0 Å². The van der Waals surface area contributed by atoms with Crippen LogP contribution < -0.4 is 5.32 Å². The Morgan fingerprint density at radius 3 is 2.55 bits per heavy atom. The van der Waals surface area contributed by atoms with Gasteiger partial charge in [0, 0.05) is 19.1 Å². The quantitative estimate of drug-likeness (QED) is 0.834. The van der Waals surface area contributed by atoms with E-state index in [1.54, 1.807) is 4.90 Å². The van der Waals surface area contributed by atoms with Crippen LogP contribution >= 0.6 is 0 Å². The smallest absolute Gasteiger partial charge is 0.317 e. The maximum Gasteiger partial charge on any atom is 0.317 e. The molecule has 2 fully saturated rings. The second-order valence-corrected chi connectivity index (χ2v) is 6.34. The molecule has 5 nitrogen and oxygen atoms in total. The van der Waals surface area contributed by atoms with Gasteiger partial charge in [0.1, 0.15) is 0 Å². The average molecular weight is 282 g/mol. The van der Waals surface area contributed by atoms with Gasteiger partial charge in [0.2, 0.25) is 0 Å². The molecule has 2 aliphatic rings. The second-order valence-electron chi connectivity index (χ2n) is 6.34. The minimum absolute atomic E-state index is 0.0339. The third-order valence-electron chi connectivity index (χ3n) is 4.96. The fraction of sp³-hybridized carbons (Fsp3) is 0.867. The van der Waals surface area contributed by atoms with Crippen molar-refractivity contribution in [2.24, 2.45) is 17.8 Å². The lowest BCUT2D eigenvalue weighted by atomic mass is 9.83. The molecule has 1 heterocycles. The number of urea groups is 1. The monoisotopic (exact) mass is 282 g/mol. The Balaban J connectivity index is 1.90. The van der Waals surface area contributed by atoms with Crippen LogP contribution in [0.5, 0.6) is 0 Å². The fourth-order valence-corrected chi connectivity index (χ4v) is 3.59. The highest BCUT2D eigenvalue weighted by molar-refractivity contribution is 5.77. The van der Waals surface area contributed by atoms with Crippen molar-refractivity contribution in [3.05, 3.63) is 0 Å². The molecule has 5 heteroatoms. The van der Waals surface area contributed by atoms with Crippen LogP contribution in [-0.2, 0) is 4.79 Å². The summed E-state index contributed by atoms with van der Waals surface area (Å²) < 4.78 is 0. The number of carboxylic acid groups (broad SMARTS) is 1. The van der Waals surface area contributed by atoms with Crippen molar-refractivity contribution in [2.45, 2.75) is 52.0 Å². The first-order valence-corrected chi connectivity index (χ1v) is 7.81. The van der Waals surface area contributed by atoms with E-state index in [0.29, 0.717) is 19.0 Å². The number of carbonyl (C=O) groups excluding carboxylic acids is 1. The third kappa shape index (κ3) is 3.25. The topological polar surface area (TPSA) is 69.6 Å². The fourth-order valence-electron chi connectivity index (χ4n) is 3.59. The largest absolute Gasteiger partial charge is 0.481 e. The van der Waals surface area contributed by atoms with E-state index in [1.165, 1.54) is 19.3 Å². The number of hydrogen-bond donors (Lipinski definition) is 2. The van der Waals surface area contributed by atoms with Crippen LogP contribution in [0.15, 0.2) is 0 Å². The molecule has 1 saturated heterocycles. The van der Waals surface area contributed by atoms with Gasteiger partial charge in [-0.3, -0.25) is 4.79 Å². The van der Waals surface area contributed by atoms with Gasteiger partial charge in [-0.15, -0.1) is 0 Å². The molecule has 4 unspecified atom stereocenters. The number of aliphatic carboxylic acids is 1. The third-order valence-corrected chi connectivity index (χ3v) is 4.96. The Bertz CT molecular complexity index is 372. The van der Waals surface area contributed by atoms with Gasteiger partial charge in [-0.25, -0.2) is 4.79 Å². The van der Waals surface area contributed by atoms with Crippen LogP contribution in [0.4, 0.5) is 4.79 Å². The van der Waals surface area contributed by atoms with Gasteiger partial charge in [0.05, 0.1) is 5.92 Å². The molecule has 2 amide bonds. The molecule has 1 aliphatic heterocycles. The molecular formula is C15H26N2O3. The first-order valence-electron chi connectivity index (χ1n) is 7.81. The molecule has 1 saturated carbocycles. The molecule has 114 valence electrons. The molecule has 0 aromatic carbocycles. The highest BCUT2D eigenvalue weighted by Gasteiger charge is 2.38. The zero-order valence-electron chi connectivity index (χ0n) is 12.5. The number of nitrogens with zero attached hydrogens (tertiary/aromatic N) is 1. The number of rotatable bonds is 3. The van der Waals surface area contributed by atoms with Crippen LogP contribution in [0, 0.1) is 17.8 Å². The van der Waals surface area contributed by atoms with Crippen LogP contribution in [0.3, 0.4) is 0 Å². The lowest BCUT2D eigenvalue weighted by molar-refractivity contribution is -0.142. The molecule has 0 bridgehead atoms. The molecular weight excluding hydrogens is 256 g/mol. The lowest BCUT2D eigenvalue weighted by Gasteiger charge is -2.33. The Morgan fingerprint density at radius 1 is 1.25 bits per heavy atom. The summed E-state index contributed by atoms with van der Waals surface area (Å²) >= 11 is 0. The van der Waals surface area contributed by atoms with Crippen molar-refractivity contribution in [3.8, 4) is 0 Å². The zero-order chi connectivity index (χ0) is 14.7. The highest BCUT2D eigenvalue weighted by atomic mass is 16.4. The van der Waals surface area contributed by atoms with Crippen molar-refractivity contribution >= 4 is 12.0 Å². The average Bonchev–Trinajstić information content (AvgIpc) is 2.81. The van der Waals surface area contributed by atoms with Gasteiger partial charge in [0.25, 0.3) is 0 Å². The number of likely N-dealkylation sites (tertiary alicyclic amines) is 1. The van der Waals surface area contributed by atoms with Crippen LogP contribution in [0.2, 0.25) is 0 Å². The molecule has 2 N–H and O–H groups in total. The number of carbonyl (C=O) groups is 2. The summed E-state index contributed by atoms with van der Waals surface area (Å²) in [5.41, 5.74) is 0. The highest BCUT2D eigenvalue weighted by Crippen LogP contribution is 2.28. The van der Waals surface area contributed by atoms with E-state index in [4.69, 9.17) is 5.11 Å². The minimum atomic E-state index is -0.795. The van der Waals surface area contributed by atoms with Crippen molar-refractivity contribution in [2.75, 3.05) is 13.1 Å². The minimum Gasteiger partial charge on any atom is -0.481 e. The van der Waals surface area contributed by atoms with E-state index in [-0.39, 0.29) is 18.0 Å². The van der Waals surface area contributed by atoms with Crippen LogP contribution in [0.1, 0.15) is 46.0 Å². The van der Waals surface area contributed by atoms with Crippen LogP contribution in [-0.4, -0.2) is 41.1 Å². The molecule has 2 rings (SSSR count). The first-order chi connectivity index (χ1) is 9.52. The second kappa shape index (κ2) is 6.46. The summed E-state index contributed by atoms with van der Waals surface area (Å²) in [5.74, 6) is -0.611. The summed E-state index contributed by atoms with van der Waals surface area (Å²) in [4.78, 5) is 25.1. The SMILES string of the molecule is CCC1CCCCC1NC(=O)N1CC(C)C(C(=O)O)C1. The van der Waals surface area contributed by atoms with Gasteiger partial charge in [-0.1, -0.05) is 33.1 Å². The summed E-state index contributed by atoms with van der Waals surface area (Å²) in [7, 11) is 0. The number of carboxylic acids is 1. The normalized spacial score (nSPS) is 34.0. The van der Waals surface area contributed by atoms with E-state index >= 15 is 0 Å². The molecule has 0 spiro atoms. The predicted molar refractivity (Wildman–Crippen MR) is 76.4 cm³/mol. The molecule has 0 radical (unpaired) electrons. The Kier molecular flexibility index (Phi) is 4.89. The molecule has 20 heavy (non-hydrogen) atoms. The standard InChI is InChI=1S/C15H26N2O3/c1-3-11-6-4-5-7-13(11)16-15(20)17-8-10(2)12(9-17)14(18)19/h10-13H,3-9H2,1-2H3,(H,16,20)(H,18,19). The molecule has 0 aromatic rings. The number of amides is 2.